The molecule has 8 heteroatoms. The average Bonchev–Trinajstić information content (AvgIpc) is 3.17. The Morgan fingerprint density at radius 3 is 2.67 bits per heavy atom. The first-order chi connectivity index (χ1) is 13.0. The van der Waals surface area contributed by atoms with Gasteiger partial charge in [0.05, 0.1) is 23.0 Å². The second-order valence-corrected chi connectivity index (χ2v) is 7.31. The highest BCUT2D eigenvalue weighted by atomic mass is 32.2. The molecular formula is C19H18N4O3S. The molecule has 0 aliphatic carbocycles. The van der Waals surface area contributed by atoms with Crippen molar-refractivity contribution in [3.63, 3.8) is 0 Å². The Bertz CT molecular complexity index is 926. The number of imidazole rings is 1. The topological polar surface area (TPSA) is 90.1 Å². The molecular weight excluding hydrogens is 364 g/mol. The summed E-state index contributed by atoms with van der Waals surface area (Å²) in [5, 5.41) is 13.3. The van der Waals surface area contributed by atoms with E-state index in [1.54, 1.807) is 31.6 Å². The van der Waals surface area contributed by atoms with Gasteiger partial charge in [0.15, 0.2) is 0 Å². The number of hydrogen-bond donors (Lipinski definition) is 1. The lowest BCUT2D eigenvalue weighted by molar-refractivity contribution is -0.384. The molecule has 1 N–H and O–H groups in total. The number of anilines is 1. The summed E-state index contributed by atoms with van der Waals surface area (Å²) in [7, 11) is 0. The van der Waals surface area contributed by atoms with Crippen LogP contribution in [0.3, 0.4) is 0 Å². The van der Waals surface area contributed by atoms with Crippen LogP contribution >= 0.6 is 11.8 Å². The van der Waals surface area contributed by atoms with E-state index in [4.69, 9.17) is 0 Å². The van der Waals surface area contributed by atoms with Crippen molar-refractivity contribution in [1.82, 2.24) is 9.55 Å². The predicted octanol–water partition coefficient (Wildman–Crippen LogP) is 3.96. The Kier molecular flexibility index (Phi) is 5.87. The molecule has 1 atom stereocenters. The highest BCUT2D eigenvalue weighted by Crippen LogP contribution is 2.26. The lowest BCUT2D eigenvalue weighted by Crippen LogP contribution is -2.23. The molecule has 0 saturated carbocycles. The quantitative estimate of drug-likeness (QED) is 0.379. The molecule has 0 saturated heterocycles. The van der Waals surface area contributed by atoms with Crippen LogP contribution in [0.2, 0.25) is 0 Å². The van der Waals surface area contributed by atoms with Gasteiger partial charge in [0.25, 0.3) is 5.69 Å². The number of hydrogen-bond acceptors (Lipinski definition) is 5. The van der Waals surface area contributed by atoms with Crippen molar-refractivity contribution in [2.24, 2.45) is 0 Å². The van der Waals surface area contributed by atoms with E-state index < -0.39 is 4.92 Å². The van der Waals surface area contributed by atoms with Gasteiger partial charge in [0, 0.05) is 35.1 Å². The van der Waals surface area contributed by atoms with Crippen LogP contribution in [0.15, 0.2) is 72.1 Å². The fourth-order valence-corrected chi connectivity index (χ4v) is 3.36. The summed E-state index contributed by atoms with van der Waals surface area (Å²) in [5.41, 5.74) is 1.77. The molecule has 1 amide bonds. The molecule has 0 fully saturated rings. The normalized spacial score (nSPS) is 11.7. The fraction of sp³-hybridized carbons (Fsp3) is 0.158. The van der Waals surface area contributed by atoms with Gasteiger partial charge in [-0.15, -0.1) is 11.8 Å². The van der Waals surface area contributed by atoms with E-state index in [-0.39, 0.29) is 16.8 Å². The van der Waals surface area contributed by atoms with E-state index in [1.165, 1.54) is 23.9 Å². The second kappa shape index (κ2) is 8.50. The van der Waals surface area contributed by atoms with Gasteiger partial charge in [-0.2, -0.15) is 0 Å². The van der Waals surface area contributed by atoms with Crippen LogP contribution in [0.5, 0.6) is 0 Å². The third-order valence-corrected chi connectivity index (χ3v) is 5.03. The first-order valence-electron chi connectivity index (χ1n) is 8.28. The molecule has 0 aliphatic rings. The van der Waals surface area contributed by atoms with Gasteiger partial charge < -0.3 is 9.88 Å². The van der Waals surface area contributed by atoms with Crippen LogP contribution in [0.1, 0.15) is 12.5 Å². The number of nitro benzene ring substituents is 1. The molecule has 138 valence electrons. The number of para-hydroxylation sites is 1. The zero-order valence-electron chi connectivity index (χ0n) is 14.6. The number of amides is 1. The number of nitrogens with zero attached hydrogens (tertiary/aromatic N) is 3. The molecule has 0 unspecified atom stereocenters. The van der Waals surface area contributed by atoms with Gasteiger partial charge in [-0.3, -0.25) is 14.9 Å². The molecule has 0 aliphatic heterocycles. The van der Waals surface area contributed by atoms with Crippen LogP contribution in [-0.4, -0.2) is 25.6 Å². The minimum Gasteiger partial charge on any atom is -0.333 e. The Morgan fingerprint density at radius 2 is 2.00 bits per heavy atom. The average molecular weight is 382 g/mol. The minimum atomic E-state index is -0.443. The molecule has 0 bridgehead atoms. The van der Waals surface area contributed by atoms with Gasteiger partial charge in [-0.25, -0.2) is 4.98 Å². The summed E-state index contributed by atoms with van der Waals surface area (Å²) in [6, 6.07) is 13.8. The first kappa shape index (κ1) is 18.7. The number of nitro groups is 1. The summed E-state index contributed by atoms with van der Waals surface area (Å²) in [5.74, 6) is -0.128. The van der Waals surface area contributed by atoms with Crippen molar-refractivity contribution in [1.29, 1.82) is 0 Å². The summed E-state index contributed by atoms with van der Waals surface area (Å²) < 4.78 is 1.93. The Morgan fingerprint density at radius 1 is 1.26 bits per heavy atom. The summed E-state index contributed by atoms with van der Waals surface area (Å²) in [6.45, 7) is 2.42. The van der Waals surface area contributed by atoms with E-state index in [0.717, 1.165) is 16.1 Å². The summed E-state index contributed by atoms with van der Waals surface area (Å²) in [4.78, 5) is 27.7. The number of nitrogens with one attached hydrogen (secondary N) is 1. The maximum atomic E-state index is 12.6. The lowest BCUT2D eigenvalue weighted by atomic mass is 10.1. The maximum Gasteiger partial charge on any atom is 0.269 e. The first-order valence-corrected chi connectivity index (χ1v) is 9.16. The standard InChI is InChI=1S/C19H18N4O3S/c1-14(27-17-8-6-16(7-9-17)23(25)26)19(24)21-18-5-3-2-4-15(18)12-22-11-10-20-13-22/h2-11,13-14H,12H2,1H3,(H,21,24)/t14-/m1/s1. The van der Waals surface area contributed by atoms with Gasteiger partial charge >= 0.3 is 0 Å². The molecule has 1 heterocycles. The lowest BCUT2D eigenvalue weighted by Gasteiger charge is -2.15. The molecule has 0 spiro atoms. The van der Waals surface area contributed by atoms with Crippen LogP contribution in [-0.2, 0) is 11.3 Å². The van der Waals surface area contributed by atoms with Crippen molar-refractivity contribution in [2.45, 2.75) is 23.6 Å². The molecule has 0 radical (unpaired) electrons. The molecule has 27 heavy (non-hydrogen) atoms. The van der Waals surface area contributed by atoms with E-state index in [9.17, 15) is 14.9 Å². The monoisotopic (exact) mass is 382 g/mol. The van der Waals surface area contributed by atoms with Crippen LogP contribution in [0.4, 0.5) is 11.4 Å². The molecule has 1 aromatic heterocycles. The van der Waals surface area contributed by atoms with E-state index in [0.29, 0.717) is 6.54 Å². The van der Waals surface area contributed by atoms with E-state index >= 15 is 0 Å². The smallest absolute Gasteiger partial charge is 0.269 e. The van der Waals surface area contributed by atoms with Crippen molar-refractivity contribution in [3.05, 3.63) is 82.9 Å². The number of non-ortho nitro benzene ring substituents is 1. The number of aromatic nitrogens is 2. The zero-order valence-corrected chi connectivity index (χ0v) is 15.4. The Hall–Kier alpha value is -3.13. The maximum absolute atomic E-state index is 12.6. The highest BCUT2D eigenvalue weighted by molar-refractivity contribution is 8.00. The summed E-state index contributed by atoms with van der Waals surface area (Å²) >= 11 is 1.35. The molecule has 3 aromatic rings. The SMILES string of the molecule is C[C@@H](Sc1ccc([N+](=O)[O-])cc1)C(=O)Nc1ccccc1Cn1ccnc1. The predicted molar refractivity (Wildman–Crippen MR) is 105 cm³/mol. The van der Waals surface area contributed by atoms with Gasteiger partial charge in [-0.05, 0) is 30.7 Å². The van der Waals surface area contributed by atoms with Crippen LogP contribution < -0.4 is 5.32 Å². The largest absolute Gasteiger partial charge is 0.333 e. The van der Waals surface area contributed by atoms with Crippen molar-refractivity contribution in [3.8, 4) is 0 Å². The Balaban J connectivity index is 1.65. The second-order valence-electron chi connectivity index (χ2n) is 5.89. The fourth-order valence-electron chi connectivity index (χ4n) is 2.50. The van der Waals surface area contributed by atoms with Crippen LogP contribution in [0.25, 0.3) is 0 Å². The number of thioether (sulfide) groups is 1. The number of carbonyl (C=O) groups excluding carboxylic acids is 1. The van der Waals surface area contributed by atoms with Crippen LogP contribution in [0, 0.1) is 10.1 Å². The molecule has 2 aromatic carbocycles. The van der Waals surface area contributed by atoms with E-state index in [2.05, 4.69) is 10.3 Å². The van der Waals surface area contributed by atoms with Crippen molar-refractivity contribution < 1.29 is 9.72 Å². The Labute approximate surface area is 160 Å². The van der Waals surface area contributed by atoms with Crippen molar-refractivity contribution in [2.75, 3.05) is 5.32 Å². The third kappa shape index (κ3) is 4.95. The highest BCUT2D eigenvalue weighted by Gasteiger charge is 2.16. The minimum absolute atomic E-state index is 0.0323. The third-order valence-electron chi connectivity index (χ3n) is 3.92. The van der Waals surface area contributed by atoms with E-state index in [1.807, 2.05) is 35.0 Å². The molecule has 7 nitrogen and oxygen atoms in total. The van der Waals surface area contributed by atoms with Crippen molar-refractivity contribution >= 4 is 29.0 Å². The van der Waals surface area contributed by atoms with Gasteiger partial charge in [0.1, 0.15) is 0 Å². The number of benzene rings is 2. The zero-order chi connectivity index (χ0) is 19.2. The summed E-state index contributed by atoms with van der Waals surface area (Å²) in [6.07, 6.45) is 5.31. The number of rotatable bonds is 7. The van der Waals surface area contributed by atoms with Gasteiger partial charge in [0.2, 0.25) is 5.91 Å². The number of carbonyl (C=O) groups is 1. The molecule has 3 rings (SSSR count). The van der Waals surface area contributed by atoms with Gasteiger partial charge in [-0.1, -0.05) is 18.2 Å².